The first-order valence-electron chi connectivity index (χ1n) is 6.94. The molecule has 2 unspecified atom stereocenters. The molecule has 1 amide bonds. The summed E-state index contributed by atoms with van der Waals surface area (Å²) < 4.78 is 5.80. The Morgan fingerprint density at radius 1 is 1.58 bits per heavy atom. The van der Waals surface area contributed by atoms with E-state index in [2.05, 4.69) is 23.6 Å². The van der Waals surface area contributed by atoms with E-state index >= 15 is 0 Å². The maximum atomic E-state index is 11.7. The molecule has 0 saturated carbocycles. The molecule has 4 nitrogen and oxygen atoms in total. The normalized spacial score (nSPS) is 19.0. The van der Waals surface area contributed by atoms with Crippen molar-refractivity contribution in [1.29, 1.82) is 0 Å². The zero-order valence-electron chi connectivity index (χ0n) is 11.8. The molecule has 2 N–H and O–H groups in total. The van der Waals surface area contributed by atoms with Crippen LogP contribution in [0.4, 0.5) is 5.69 Å². The minimum Gasteiger partial charge on any atom is -0.479 e. The predicted octanol–water partition coefficient (Wildman–Crippen LogP) is 2.34. The second-order valence-corrected chi connectivity index (χ2v) is 5.03. The molecule has 0 aromatic heterocycles. The molecule has 1 aromatic rings. The molecule has 1 heterocycles. The summed E-state index contributed by atoms with van der Waals surface area (Å²) in [5, 5.41) is 6.22. The Balaban J connectivity index is 2.15. The Kier molecular flexibility index (Phi) is 4.30. The van der Waals surface area contributed by atoms with Gasteiger partial charge in [-0.15, -0.1) is 0 Å². The number of likely N-dealkylation sites (N-methyl/N-ethyl adjacent to an activating group) is 1. The smallest absolute Gasteiger partial charge is 0.260 e. The van der Waals surface area contributed by atoms with Crippen LogP contribution < -0.4 is 15.4 Å². The van der Waals surface area contributed by atoms with Crippen molar-refractivity contribution in [3.8, 4) is 5.75 Å². The quantitative estimate of drug-likeness (QED) is 0.875. The van der Waals surface area contributed by atoms with Gasteiger partial charge >= 0.3 is 0 Å². The first kappa shape index (κ1) is 13.7. The molecule has 104 valence electrons. The molecule has 0 saturated heterocycles. The van der Waals surface area contributed by atoms with Crippen LogP contribution in [0.2, 0.25) is 0 Å². The topological polar surface area (TPSA) is 50.4 Å². The van der Waals surface area contributed by atoms with Crippen LogP contribution in [0.15, 0.2) is 18.2 Å². The first-order valence-corrected chi connectivity index (χ1v) is 6.94. The largest absolute Gasteiger partial charge is 0.479 e. The van der Waals surface area contributed by atoms with Crippen LogP contribution in [0.3, 0.4) is 0 Å². The Bertz CT molecular complexity index is 459. The highest BCUT2D eigenvalue weighted by Gasteiger charge is 2.20. The lowest BCUT2D eigenvalue weighted by Gasteiger charge is -2.27. The van der Waals surface area contributed by atoms with Crippen molar-refractivity contribution in [3.63, 3.8) is 0 Å². The van der Waals surface area contributed by atoms with Crippen molar-refractivity contribution in [3.05, 3.63) is 23.8 Å². The first-order chi connectivity index (χ1) is 9.11. The molecular formula is C15H22N2O2. The monoisotopic (exact) mass is 262 g/mol. The number of benzene rings is 1. The predicted molar refractivity (Wildman–Crippen MR) is 76.6 cm³/mol. The zero-order chi connectivity index (χ0) is 13.8. The summed E-state index contributed by atoms with van der Waals surface area (Å²) >= 11 is 0. The van der Waals surface area contributed by atoms with E-state index in [4.69, 9.17) is 4.74 Å². The van der Waals surface area contributed by atoms with Gasteiger partial charge in [-0.1, -0.05) is 12.1 Å². The highest BCUT2D eigenvalue weighted by atomic mass is 16.5. The number of rotatable bonds is 4. The summed E-state index contributed by atoms with van der Waals surface area (Å²) in [5.41, 5.74) is 2.30. The number of amides is 1. The van der Waals surface area contributed by atoms with Gasteiger partial charge in [-0.25, -0.2) is 0 Å². The summed E-state index contributed by atoms with van der Waals surface area (Å²) in [6.45, 7) is 6.45. The van der Waals surface area contributed by atoms with Gasteiger partial charge in [0, 0.05) is 12.6 Å². The lowest BCUT2D eigenvalue weighted by Crippen LogP contribution is -2.36. The van der Waals surface area contributed by atoms with Gasteiger partial charge in [0.05, 0.1) is 5.69 Å². The third-order valence-corrected chi connectivity index (χ3v) is 3.37. The Morgan fingerprint density at radius 3 is 3.11 bits per heavy atom. The third-order valence-electron chi connectivity index (χ3n) is 3.37. The molecule has 0 bridgehead atoms. The Labute approximate surface area is 114 Å². The SMILES string of the molecule is CCNC(=O)C(C)Oc1cccc2c1NC(C)CC2. The number of fused-ring (bicyclic) bond motifs is 1. The van der Waals surface area contributed by atoms with Gasteiger partial charge in [0.2, 0.25) is 0 Å². The number of anilines is 1. The summed E-state index contributed by atoms with van der Waals surface area (Å²) in [7, 11) is 0. The maximum Gasteiger partial charge on any atom is 0.260 e. The summed E-state index contributed by atoms with van der Waals surface area (Å²) in [5.74, 6) is 0.687. The number of hydrogen-bond donors (Lipinski definition) is 2. The standard InChI is InChI=1S/C15H22N2O2/c1-4-16-15(18)11(3)19-13-7-5-6-12-9-8-10(2)17-14(12)13/h5-7,10-11,17H,4,8-9H2,1-3H3,(H,16,18). The fourth-order valence-electron chi connectivity index (χ4n) is 2.30. The lowest BCUT2D eigenvalue weighted by atomic mass is 9.98. The van der Waals surface area contributed by atoms with Crippen LogP contribution in [-0.2, 0) is 11.2 Å². The van der Waals surface area contributed by atoms with E-state index < -0.39 is 6.10 Å². The zero-order valence-corrected chi connectivity index (χ0v) is 11.8. The van der Waals surface area contributed by atoms with E-state index in [9.17, 15) is 4.79 Å². The van der Waals surface area contributed by atoms with Gasteiger partial charge < -0.3 is 15.4 Å². The van der Waals surface area contributed by atoms with Crippen molar-refractivity contribution in [2.24, 2.45) is 0 Å². The third kappa shape index (κ3) is 3.19. The molecule has 0 aliphatic carbocycles. The summed E-state index contributed by atoms with van der Waals surface area (Å²) in [6, 6.07) is 6.45. The minimum atomic E-state index is -0.481. The molecule has 2 atom stereocenters. The van der Waals surface area contributed by atoms with Crippen LogP contribution in [-0.4, -0.2) is 24.6 Å². The van der Waals surface area contributed by atoms with Crippen molar-refractivity contribution in [2.45, 2.75) is 45.8 Å². The van der Waals surface area contributed by atoms with Gasteiger partial charge in [0.1, 0.15) is 5.75 Å². The molecule has 19 heavy (non-hydrogen) atoms. The van der Waals surface area contributed by atoms with Crippen LogP contribution >= 0.6 is 0 Å². The van der Waals surface area contributed by atoms with E-state index in [1.807, 2.05) is 19.1 Å². The second kappa shape index (κ2) is 5.95. The molecule has 1 aliphatic rings. The van der Waals surface area contributed by atoms with Crippen LogP contribution in [0.1, 0.15) is 32.8 Å². The van der Waals surface area contributed by atoms with Gasteiger partial charge in [-0.3, -0.25) is 4.79 Å². The number of aryl methyl sites for hydroxylation is 1. The average Bonchev–Trinajstić information content (AvgIpc) is 2.39. The van der Waals surface area contributed by atoms with Gasteiger partial charge in [-0.2, -0.15) is 0 Å². The highest BCUT2D eigenvalue weighted by molar-refractivity contribution is 5.81. The van der Waals surface area contributed by atoms with E-state index in [-0.39, 0.29) is 5.91 Å². The molecule has 0 spiro atoms. The number of nitrogens with one attached hydrogen (secondary N) is 2. The number of hydrogen-bond acceptors (Lipinski definition) is 3. The molecule has 4 heteroatoms. The van der Waals surface area contributed by atoms with Crippen LogP contribution in [0.25, 0.3) is 0 Å². The minimum absolute atomic E-state index is 0.0797. The van der Waals surface area contributed by atoms with Crippen LogP contribution in [0.5, 0.6) is 5.75 Å². The Morgan fingerprint density at radius 2 is 2.37 bits per heavy atom. The van der Waals surface area contributed by atoms with Gasteiger partial charge in [0.25, 0.3) is 5.91 Å². The van der Waals surface area contributed by atoms with E-state index in [0.717, 1.165) is 24.3 Å². The summed E-state index contributed by atoms with van der Waals surface area (Å²) in [6.07, 6.45) is 1.70. The van der Waals surface area contributed by atoms with E-state index in [1.54, 1.807) is 6.92 Å². The number of carbonyl (C=O) groups is 1. The van der Waals surface area contributed by atoms with Crippen molar-refractivity contribution in [2.75, 3.05) is 11.9 Å². The van der Waals surface area contributed by atoms with Crippen molar-refractivity contribution in [1.82, 2.24) is 5.32 Å². The van der Waals surface area contributed by atoms with E-state index in [0.29, 0.717) is 12.6 Å². The van der Waals surface area contributed by atoms with Crippen molar-refractivity contribution >= 4 is 11.6 Å². The Hall–Kier alpha value is -1.71. The average molecular weight is 262 g/mol. The number of carbonyl (C=O) groups excluding carboxylic acids is 1. The molecule has 1 aliphatic heterocycles. The summed E-state index contributed by atoms with van der Waals surface area (Å²) in [4.78, 5) is 11.7. The molecule has 0 fully saturated rings. The molecule has 1 aromatic carbocycles. The maximum absolute atomic E-state index is 11.7. The molecular weight excluding hydrogens is 240 g/mol. The van der Waals surface area contributed by atoms with Crippen LogP contribution in [0, 0.1) is 0 Å². The fourth-order valence-corrected chi connectivity index (χ4v) is 2.30. The molecule has 0 radical (unpaired) electrons. The lowest BCUT2D eigenvalue weighted by molar-refractivity contribution is -0.127. The van der Waals surface area contributed by atoms with Gasteiger partial charge in [0.15, 0.2) is 6.10 Å². The van der Waals surface area contributed by atoms with Gasteiger partial charge in [-0.05, 0) is 45.2 Å². The fraction of sp³-hybridized carbons (Fsp3) is 0.533. The molecule has 2 rings (SSSR count). The second-order valence-electron chi connectivity index (χ2n) is 5.03. The highest BCUT2D eigenvalue weighted by Crippen LogP contribution is 2.34. The van der Waals surface area contributed by atoms with Crippen molar-refractivity contribution < 1.29 is 9.53 Å². The van der Waals surface area contributed by atoms with E-state index in [1.165, 1.54) is 5.56 Å². The number of ether oxygens (including phenoxy) is 1. The number of para-hydroxylation sites is 1.